The van der Waals surface area contributed by atoms with Gasteiger partial charge in [-0.3, -0.25) is 0 Å². The van der Waals surface area contributed by atoms with Crippen LogP contribution in [-0.2, 0) is 10.0 Å². The molecule has 102 valence electrons. The maximum atomic E-state index is 12.2. The number of hydrogen-bond donors (Lipinski definition) is 2. The van der Waals surface area contributed by atoms with Gasteiger partial charge in [-0.1, -0.05) is 12.1 Å². The molecule has 0 aromatic heterocycles. The molecule has 1 atom stereocenters. The summed E-state index contributed by atoms with van der Waals surface area (Å²) >= 11 is 3.26. The second-order valence-corrected chi connectivity index (χ2v) is 6.63. The molecular formula is C11H16BrClN2O2S. The first kappa shape index (κ1) is 15.9. The van der Waals surface area contributed by atoms with E-state index >= 15 is 0 Å². The smallest absolute Gasteiger partial charge is 0.241 e. The van der Waals surface area contributed by atoms with Gasteiger partial charge in [-0.2, -0.15) is 0 Å². The molecular weight excluding hydrogens is 340 g/mol. The zero-order valence-electron chi connectivity index (χ0n) is 9.73. The number of hydrogen-bond acceptors (Lipinski definition) is 3. The molecule has 18 heavy (non-hydrogen) atoms. The van der Waals surface area contributed by atoms with Gasteiger partial charge in [0.2, 0.25) is 10.0 Å². The molecule has 1 heterocycles. The highest BCUT2D eigenvalue weighted by molar-refractivity contribution is 9.10. The monoisotopic (exact) mass is 354 g/mol. The lowest BCUT2D eigenvalue weighted by Gasteiger charge is -2.23. The van der Waals surface area contributed by atoms with Crippen LogP contribution in [0.15, 0.2) is 33.6 Å². The summed E-state index contributed by atoms with van der Waals surface area (Å²) in [5.41, 5.74) is 0. The summed E-state index contributed by atoms with van der Waals surface area (Å²) in [7, 11) is -3.43. The maximum absolute atomic E-state index is 12.2. The van der Waals surface area contributed by atoms with Gasteiger partial charge in [0, 0.05) is 17.1 Å². The largest absolute Gasteiger partial charge is 0.315 e. The summed E-state index contributed by atoms with van der Waals surface area (Å²) in [6, 6.07) is 6.83. The lowest BCUT2D eigenvalue weighted by Crippen LogP contribution is -2.45. The average Bonchev–Trinajstić information content (AvgIpc) is 2.30. The van der Waals surface area contributed by atoms with E-state index < -0.39 is 10.0 Å². The fourth-order valence-electron chi connectivity index (χ4n) is 1.90. The minimum absolute atomic E-state index is 0. The third-order valence-corrected chi connectivity index (χ3v) is 5.28. The molecule has 2 N–H and O–H groups in total. The lowest BCUT2D eigenvalue weighted by molar-refractivity contribution is 0.428. The summed E-state index contributed by atoms with van der Waals surface area (Å²) in [6.07, 6.45) is 1.89. The molecule has 2 rings (SSSR count). The third kappa shape index (κ3) is 3.93. The van der Waals surface area contributed by atoms with Crippen LogP contribution in [0.3, 0.4) is 0 Å². The molecule has 0 radical (unpaired) electrons. The fourth-order valence-corrected chi connectivity index (χ4v) is 4.17. The van der Waals surface area contributed by atoms with Crippen LogP contribution in [0.5, 0.6) is 0 Å². The molecule has 1 saturated heterocycles. The molecule has 1 aliphatic rings. The minimum Gasteiger partial charge on any atom is -0.315 e. The summed E-state index contributed by atoms with van der Waals surface area (Å²) in [5.74, 6) is 0. The van der Waals surface area contributed by atoms with Crippen molar-refractivity contribution in [2.24, 2.45) is 0 Å². The fraction of sp³-hybridized carbons (Fsp3) is 0.455. The SMILES string of the molecule is Cl.O=S(=O)(N[C@@H]1CCCNC1)c1ccccc1Br. The van der Waals surface area contributed by atoms with E-state index in [9.17, 15) is 8.42 Å². The van der Waals surface area contributed by atoms with Gasteiger partial charge in [0.1, 0.15) is 0 Å². The van der Waals surface area contributed by atoms with Gasteiger partial charge in [0.15, 0.2) is 0 Å². The number of halogens is 2. The number of piperidine rings is 1. The molecule has 0 aliphatic carbocycles. The normalized spacial score (nSPS) is 20.2. The van der Waals surface area contributed by atoms with Crippen molar-refractivity contribution < 1.29 is 8.42 Å². The molecule has 0 saturated carbocycles. The highest BCUT2D eigenvalue weighted by Crippen LogP contribution is 2.21. The molecule has 1 aromatic carbocycles. The van der Waals surface area contributed by atoms with E-state index in [2.05, 4.69) is 26.0 Å². The average molecular weight is 356 g/mol. The van der Waals surface area contributed by atoms with Crippen molar-refractivity contribution in [3.05, 3.63) is 28.7 Å². The Labute approximate surface area is 122 Å². The van der Waals surface area contributed by atoms with Gasteiger partial charge in [-0.05, 0) is 47.4 Å². The number of rotatable bonds is 3. The standard InChI is InChI=1S/C11H15BrN2O2S.ClH/c12-10-5-1-2-6-11(10)17(15,16)14-9-4-3-7-13-8-9;/h1-2,5-6,9,13-14H,3-4,7-8H2;1H/t9-;/m1./s1. The quantitative estimate of drug-likeness (QED) is 0.870. The highest BCUT2D eigenvalue weighted by Gasteiger charge is 2.22. The van der Waals surface area contributed by atoms with Crippen molar-refractivity contribution in [1.29, 1.82) is 0 Å². The predicted molar refractivity (Wildman–Crippen MR) is 77.6 cm³/mol. The van der Waals surface area contributed by atoms with Gasteiger partial charge in [-0.15, -0.1) is 12.4 Å². The first-order chi connectivity index (χ1) is 8.09. The summed E-state index contributed by atoms with van der Waals surface area (Å²) < 4.78 is 27.6. The van der Waals surface area contributed by atoms with Gasteiger partial charge in [0.25, 0.3) is 0 Å². The zero-order chi connectivity index (χ0) is 12.3. The van der Waals surface area contributed by atoms with E-state index in [0.29, 0.717) is 15.9 Å². The Morgan fingerprint density at radius 3 is 2.67 bits per heavy atom. The van der Waals surface area contributed by atoms with Crippen molar-refractivity contribution in [3.8, 4) is 0 Å². The van der Waals surface area contributed by atoms with Crippen LogP contribution in [0.25, 0.3) is 0 Å². The highest BCUT2D eigenvalue weighted by atomic mass is 79.9. The first-order valence-corrected chi connectivity index (χ1v) is 7.85. The minimum atomic E-state index is -3.43. The Kier molecular flexibility index (Phi) is 6.07. The summed E-state index contributed by atoms with van der Waals surface area (Å²) in [4.78, 5) is 0.297. The van der Waals surface area contributed by atoms with Crippen molar-refractivity contribution in [2.75, 3.05) is 13.1 Å². The van der Waals surface area contributed by atoms with Crippen molar-refractivity contribution in [3.63, 3.8) is 0 Å². The third-order valence-electron chi connectivity index (χ3n) is 2.74. The Balaban J connectivity index is 0.00000162. The molecule has 1 aliphatic heterocycles. The summed E-state index contributed by atoms with van der Waals surface area (Å²) in [6.45, 7) is 1.66. The number of sulfonamides is 1. The Morgan fingerprint density at radius 1 is 1.33 bits per heavy atom. The van der Waals surface area contributed by atoms with Crippen LogP contribution in [0, 0.1) is 0 Å². The van der Waals surface area contributed by atoms with E-state index in [1.165, 1.54) is 0 Å². The number of benzene rings is 1. The lowest BCUT2D eigenvalue weighted by atomic mass is 10.1. The Bertz CT molecular complexity index is 490. The zero-order valence-corrected chi connectivity index (χ0v) is 12.9. The van der Waals surface area contributed by atoms with Crippen molar-refractivity contribution >= 4 is 38.4 Å². The van der Waals surface area contributed by atoms with E-state index in [1.807, 2.05) is 0 Å². The Hall–Kier alpha value is -0.140. The van der Waals surface area contributed by atoms with E-state index in [1.54, 1.807) is 24.3 Å². The van der Waals surface area contributed by atoms with Gasteiger partial charge < -0.3 is 5.32 Å². The van der Waals surface area contributed by atoms with Crippen LogP contribution in [0.2, 0.25) is 0 Å². The maximum Gasteiger partial charge on any atom is 0.241 e. The molecule has 0 bridgehead atoms. The van der Waals surface area contributed by atoms with Crippen LogP contribution in [-0.4, -0.2) is 27.5 Å². The second-order valence-electron chi connectivity index (χ2n) is 4.09. The van der Waals surface area contributed by atoms with E-state index in [-0.39, 0.29) is 18.4 Å². The molecule has 1 aromatic rings. The molecule has 7 heteroatoms. The molecule has 1 fully saturated rings. The van der Waals surface area contributed by atoms with Gasteiger partial charge in [-0.25, -0.2) is 13.1 Å². The first-order valence-electron chi connectivity index (χ1n) is 5.57. The van der Waals surface area contributed by atoms with Gasteiger partial charge in [0.05, 0.1) is 4.90 Å². The van der Waals surface area contributed by atoms with Gasteiger partial charge >= 0.3 is 0 Å². The van der Waals surface area contributed by atoms with Crippen LogP contribution in [0.4, 0.5) is 0 Å². The molecule has 0 unspecified atom stereocenters. The van der Waals surface area contributed by atoms with Crippen molar-refractivity contribution in [1.82, 2.24) is 10.0 Å². The number of nitrogens with one attached hydrogen (secondary N) is 2. The van der Waals surface area contributed by atoms with E-state index in [4.69, 9.17) is 0 Å². The van der Waals surface area contributed by atoms with Crippen LogP contribution in [0.1, 0.15) is 12.8 Å². The van der Waals surface area contributed by atoms with Crippen molar-refractivity contribution in [2.45, 2.75) is 23.8 Å². The molecule has 0 amide bonds. The topological polar surface area (TPSA) is 58.2 Å². The van der Waals surface area contributed by atoms with Crippen LogP contribution >= 0.6 is 28.3 Å². The molecule has 4 nitrogen and oxygen atoms in total. The van der Waals surface area contributed by atoms with E-state index in [0.717, 1.165) is 19.4 Å². The summed E-state index contributed by atoms with van der Waals surface area (Å²) in [5, 5.41) is 3.18. The van der Waals surface area contributed by atoms with Crippen LogP contribution < -0.4 is 10.0 Å². The Morgan fingerprint density at radius 2 is 2.06 bits per heavy atom. The molecule has 0 spiro atoms. The predicted octanol–water partition coefficient (Wildman–Crippen LogP) is 1.90. The second kappa shape index (κ2) is 6.86.